The molecular weight excluding hydrogens is 270 g/mol. The van der Waals surface area contributed by atoms with Crippen LogP contribution in [0, 0.1) is 0 Å². The topological polar surface area (TPSA) is 82.8 Å². The highest BCUT2D eigenvalue weighted by Crippen LogP contribution is 2.12. The van der Waals surface area contributed by atoms with Gasteiger partial charge in [-0.2, -0.15) is 13.4 Å². The van der Waals surface area contributed by atoms with Crippen LogP contribution in [0.2, 0.25) is 0 Å². The predicted molar refractivity (Wildman–Crippen MR) is 61.7 cm³/mol. The predicted octanol–water partition coefficient (Wildman–Crippen LogP) is 0.464. The van der Waals surface area contributed by atoms with E-state index in [2.05, 4.69) is 14.7 Å². The molecule has 0 aliphatic rings. The fraction of sp³-hybridized carbons (Fsp3) is 0.250. The standard InChI is InChI=1S/C8H9N3O4S.ClH/c1-14-6-16(12,13)15-8-4-11-5-9-3-2-7(11)10-8;/h2-5H,6H2,1H3;1H. The summed E-state index contributed by atoms with van der Waals surface area (Å²) < 4.78 is 33.3. The average Bonchev–Trinajstić information content (AvgIpc) is 2.58. The number of methoxy groups -OCH3 is 1. The first-order valence-corrected chi connectivity index (χ1v) is 5.88. The second-order valence-corrected chi connectivity index (χ2v) is 4.49. The van der Waals surface area contributed by atoms with Gasteiger partial charge in [-0.1, -0.05) is 0 Å². The number of fused-ring (bicyclic) bond motifs is 1. The van der Waals surface area contributed by atoms with Gasteiger partial charge in [0.15, 0.2) is 5.94 Å². The number of hydrogen-bond acceptors (Lipinski definition) is 6. The third-order valence-electron chi connectivity index (χ3n) is 1.71. The summed E-state index contributed by atoms with van der Waals surface area (Å²) in [6, 6.07) is 1.63. The summed E-state index contributed by atoms with van der Waals surface area (Å²) in [5.74, 6) is -0.524. The highest BCUT2D eigenvalue weighted by atomic mass is 35.5. The Morgan fingerprint density at radius 1 is 1.47 bits per heavy atom. The van der Waals surface area contributed by atoms with E-state index in [0.29, 0.717) is 5.65 Å². The maximum absolute atomic E-state index is 11.3. The molecule has 0 aliphatic heterocycles. The molecule has 0 spiro atoms. The molecule has 0 saturated heterocycles. The van der Waals surface area contributed by atoms with Gasteiger partial charge in [0.1, 0.15) is 12.0 Å². The molecule has 0 N–H and O–H groups in total. The molecular formula is C8H10ClN3O4S. The van der Waals surface area contributed by atoms with Crippen molar-refractivity contribution in [2.75, 3.05) is 13.0 Å². The lowest BCUT2D eigenvalue weighted by molar-refractivity contribution is 0.240. The molecule has 2 aromatic rings. The van der Waals surface area contributed by atoms with E-state index in [1.165, 1.54) is 19.6 Å². The van der Waals surface area contributed by atoms with E-state index in [1.807, 2.05) is 0 Å². The SMILES string of the molecule is COCS(=O)(=O)Oc1cn2cnccc2n1.Cl. The summed E-state index contributed by atoms with van der Waals surface area (Å²) in [6.45, 7) is 0. The van der Waals surface area contributed by atoms with E-state index in [0.717, 1.165) is 0 Å². The van der Waals surface area contributed by atoms with Gasteiger partial charge >= 0.3 is 10.1 Å². The second kappa shape index (κ2) is 5.30. The van der Waals surface area contributed by atoms with Gasteiger partial charge < -0.3 is 8.92 Å². The van der Waals surface area contributed by atoms with Crippen molar-refractivity contribution in [1.82, 2.24) is 14.4 Å². The monoisotopic (exact) mass is 279 g/mol. The number of rotatable bonds is 4. The van der Waals surface area contributed by atoms with Crippen LogP contribution in [0.25, 0.3) is 5.65 Å². The molecule has 2 rings (SSSR count). The van der Waals surface area contributed by atoms with Crippen molar-refractivity contribution in [2.45, 2.75) is 0 Å². The van der Waals surface area contributed by atoms with E-state index in [9.17, 15) is 8.42 Å². The molecule has 0 aromatic carbocycles. The van der Waals surface area contributed by atoms with Gasteiger partial charge in [0.25, 0.3) is 5.88 Å². The Morgan fingerprint density at radius 3 is 2.88 bits per heavy atom. The highest BCUT2D eigenvalue weighted by molar-refractivity contribution is 7.86. The van der Waals surface area contributed by atoms with Gasteiger partial charge in [-0.05, 0) is 6.07 Å². The third-order valence-corrected chi connectivity index (χ3v) is 2.66. The number of hydrogen-bond donors (Lipinski definition) is 0. The molecule has 0 aliphatic carbocycles. The zero-order valence-corrected chi connectivity index (χ0v) is 10.4. The van der Waals surface area contributed by atoms with Gasteiger partial charge in [0, 0.05) is 13.3 Å². The van der Waals surface area contributed by atoms with Crippen molar-refractivity contribution in [2.24, 2.45) is 0 Å². The highest BCUT2D eigenvalue weighted by Gasteiger charge is 2.14. The van der Waals surface area contributed by atoms with Crippen LogP contribution in [-0.2, 0) is 14.9 Å². The fourth-order valence-electron chi connectivity index (χ4n) is 1.16. The Labute approximate surface area is 104 Å². The van der Waals surface area contributed by atoms with Crippen LogP contribution in [0.1, 0.15) is 0 Å². The van der Waals surface area contributed by atoms with Crippen LogP contribution in [0.5, 0.6) is 5.88 Å². The normalized spacial score (nSPS) is 11.1. The number of aromatic nitrogens is 3. The summed E-state index contributed by atoms with van der Waals surface area (Å²) in [4.78, 5) is 7.80. The van der Waals surface area contributed by atoms with Crippen LogP contribution >= 0.6 is 12.4 Å². The van der Waals surface area contributed by atoms with Gasteiger partial charge in [0.2, 0.25) is 0 Å². The van der Waals surface area contributed by atoms with Crippen LogP contribution in [-0.4, -0.2) is 35.8 Å². The fourth-order valence-corrected chi connectivity index (χ4v) is 1.84. The molecule has 0 bridgehead atoms. The Kier molecular flexibility index (Phi) is 4.27. The van der Waals surface area contributed by atoms with E-state index in [-0.39, 0.29) is 18.3 Å². The molecule has 94 valence electrons. The first-order chi connectivity index (χ1) is 7.61. The lowest BCUT2D eigenvalue weighted by Crippen LogP contribution is -2.14. The summed E-state index contributed by atoms with van der Waals surface area (Å²) in [6.07, 6.45) is 4.48. The van der Waals surface area contributed by atoms with Gasteiger partial charge in [-0.15, -0.1) is 12.4 Å². The van der Waals surface area contributed by atoms with E-state index in [1.54, 1.807) is 16.7 Å². The molecule has 9 heteroatoms. The van der Waals surface area contributed by atoms with Crippen molar-refractivity contribution in [3.05, 3.63) is 24.8 Å². The first kappa shape index (κ1) is 13.7. The Morgan fingerprint density at radius 2 is 2.24 bits per heavy atom. The third kappa shape index (κ3) is 3.29. The van der Waals surface area contributed by atoms with Crippen molar-refractivity contribution in [3.63, 3.8) is 0 Å². The minimum atomic E-state index is -3.75. The molecule has 2 heterocycles. The molecule has 0 amide bonds. The van der Waals surface area contributed by atoms with Crippen LogP contribution in [0.4, 0.5) is 0 Å². The Bertz CT molecular complexity index is 565. The van der Waals surface area contributed by atoms with Gasteiger partial charge in [-0.3, -0.25) is 4.40 Å². The molecule has 17 heavy (non-hydrogen) atoms. The van der Waals surface area contributed by atoms with Crippen LogP contribution in [0.15, 0.2) is 24.8 Å². The van der Waals surface area contributed by atoms with E-state index in [4.69, 9.17) is 4.18 Å². The molecule has 7 nitrogen and oxygen atoms in total. The van der Waals surface area contributed by atoms with Crippen molar-refractivity contribution in [1.29, 1.82) is 0 Å². The second-order valence-electron chi connectivity index (χ2n) is 2.97. The van der Waals surface area contributed by atoms with Crippen LogP contribution in [0.3, 0.4) is 0 Å². The van der Waals surface area contributed by atoms with E-state index < -0.39 is 16.1 Å². The molecule has 0 radical (unpaired) electrons. The maximum atomic E-state index is 11.3. The lowest BCUT2D eigenvalue weighted by atomic mass is 10.6. The van der Waals surface area contributed by atoms with Crippen molar-refractivity contribution in [3.8, 4) is 5.88 Å². The zero-order chi connectivity index (χ0) is 11.6. The zero-order valence-electron chi connectivity index (χ0n) is 8.81. The summed E-state index contributed by atoms with van der Waals surface area (Å²) >= 11 is 0. The molecule has 0 saturated carbocycles. The van der Waals surface area contributed by atoms with E-state index >= 15 is 0 Å². The Balaban J connectivity index is 0.00000144. The number of nitrogens with zero attached hydrogens (tertiary/aromatic N) is 3. The summed E-state index contributed by atoms with van der Waals surface area (Å²) in [5, 5.41) is 0. The summed E-state index contributed by atoms with van der Waals surface area (Å²) in [5.41, 5.74) is 0.553. The molecule has 0 unspecified atom stereocenters. The van der Waals surface area contributed by atoms with Crippen molar-refractivity contribution >= 4 is 28.2 Å². The van der Waals surface area contributed by atoms with Gasteiger partial charge in [0.05, 0.1) is 6.20 Å². The van der Waals surface area contributed by atoms with Gasteiger partial charge in [-0.25, -0.2) is 4.98 Å². The number of imidazole rings is 1. The summed E-state index contributed by atoms with van der Waals surface area (Å²) in [7, 11) is -2.48. The smallest absolute Gasteiger partial charge is 0.335 e. The lowest BCUT2D eigenvalue weighted by Gasteiger charge is -2.01. The largest absolute Gasteiger partial charge is 0.365 e. The number of halogens is 1. The average molecular weight is 280 g/mol. The van der Waals surface area contributed by atoms with Crippen LogP contribution < -0.4 is 4.18 Å². The minimum absolute atomic E-state index is 0. The maximum Gasteiger partial charge on any atom is 0.335 e. The Hall–Kier alpha value is -1.38. The quantitative estimate of drug-likeness (QED) is 0.756. The molecule has 0 atom stereocenters. The van der Waals surface area contributed by atoms with Crippen molar-refractivity contribution < 1.29 is 17.3 Å². The first-order valence-electron chi connectivity index (χ1n) is 4.30. The number of ether oxygens (including phenoxy) is 1. The molecule has 2 aromatic heterocycles. The minimum Gasteiger partial charge on any atom is -0.365 e. The molecule has 0 fully saturated rings.